The Morgan fingerprint density at radius 1 is 0.293 bits per heavy atom. The van der Waals surface area contributed by atoms with E-state index in [2.05, 4.69) is 228 Å². The van der Waals surface area contributed by atoms with Crippen LogP contribution >= 0.6 is 11.3 Å². The van der Waals surface area contributed by atoms with Crippen LogP contribution in [0.25, 0.3) is 75.2 Å². The molecule has 0 unspecified atom stereocenters. The fourth-order valence-corrected chi connectivity index (χ4v) is 15.8. The highest BCUT2D eigenvalue weighted by molar-refractivity contribution is 7.26. The van der Waals surface area contributed by atoms with Crippen molar-refractivity contribution >= 4 is 104 Å². The zero-order valence-electron chi connectivity index (χ0n) is 31.6. The van der Waals surface area contributed by atoms with Crippen LogP contribution in [-0.2, 0) is 0 Å². The summed E-state index contributed by atoms with van der Waals surface area (Å²) in [5.74, 6) is 0. The maximum absolute atomic E-state index is 2.81. The summed E-state index contributed by atoms with van der Waals surface area (Å²) in [7, 11) is -2.81. The lowest BCUT2D eigenvalue weighted by atomic mass is 10.1. The highest BCUT2D eigenvalue weighted by Gasteiger charge is 2.41. The molecule has 9 aromatic carbocycles. The lowest BCUT2D eigenvalue weighted by Gasteiger charge is -2.34. The van der Waals surface area contributed by atoms with Crippen molar-refractivity contribution in [3.05, 3.63) is 218 Å². The maximum atomic E-state index is 2.50. The van der Waals surface area contributed by atoms with Gasteiger partial charge in [0.2, 0.25) is 0 Å². The lowest BCUT2D eigenvalue weighted by molar-refractivity contribution is 1.18. The van der Waals surface area contributed by atoms with E-state index in [9.17, 15) is 0 Å². The summed E-state index contributed by atoms with van der Waals surface area (Å²) in [5.41, 5.74) is 7.29. The van der Waals surface area contributed by atoms with Gasteiger partial charge < -0.3 is 9.13 Å². The van der Waals surface area contributed by atoms with Crippen LogP contribution in [0.1, 0.15) is 0 Å². The van der Waals surface area contributed by atoms with Gasteiger partial charge in [0.1, 0.15) is 0 Å². The van der Waals surface area contributed by atoms with Gasteiger partial charge in [-0.05, 0) is 69.3 Å². The molecule has 2 nitrogen and oxygen atoms in total. The number of benzene rings is 9. The Labute approximate surface area is 341 Å². The van der Waals surface area contributed by atoms with Crippen molar-refractivity contribution in [1.82, 2.24) is 9.13 Å². The monoisotopic (exact) mass is 772 g/mol. The minimum Gasteiger partial charge on any atom is -0.309 e. The van der Waals surface area contributed by atoms with Crippen LogP contribution in [0, 0.1) is 0 Å². The molecule has 12 aromatic rings. The van der Waals surface area contributed by atoms with Gasteiger partial charge in [-0.3, -0.25) is 0 Å². The number of aromatic nitrogens is 2. The van der Waals surface area contributed by atoms with E-state index in [4.69, 9.17) is 0 Å². The van der Waals surface area contributed by atoms with Crippen molar-refractivity contribution in [1.29, 1.82) is 0 Å². The van der Waals surface area contributed by atoms with Gasteiger partial charge in [-0.25, -0.2) is 0 Å². The van der Waals surface area contributed by atoms with Crippen LogP contribution in [0.5, 0.6) is 0 Å². The Morgan fingerprint density at radius 2 is 0.690 bits per heavy atom. The molecule has 0 bridgehead atoms. The molecule has 0 spiro atoms. The summed E-state index contributed by atoms with van der Waals surface area (Å²) in [5, 5.41) is 13.2. The van der Waals surface area contributed by atoms with Crippen molar-refractivity contribution in [2.24, 2.45) is 0 Å². The third kappa shape index (κ3) is 4.76. The molecule has 3 heterocycles. The largest absolute Gasteiger partial charge is 0.309 e. The molecule has 4 heteroatoms. The molecule has 0 N–H and O–H groups in total. The van der Waals surface area contributed by atoms with Crippen molar-refractivity contribution in [3.8, 4) is 11.4 Å². The zero-order chi connectivity index (χ0) is 38.2. The Morgan fingerprint density at radius 3 is 1.24 bits per heavy atom. The van der Waals surface area contributed by atoms with Crippen molar-refractivity contribution in [3.63, 3.8) is 0 Å². The first kappa shape index (κ1) is 33.2. The van der Waals surface area contributed by atoms with Crippen LogP contribution in [-0.4, -0.2) is 17.2 Å². The molecule has 0 aliphatic heterocycles. The third-order valence-corrected chi connectivity index (χ3v) is 18.3. The molecular weight excluding hydrogens is 737 g/mol. The van der Waals surface area contributed by atoms with E-state index in [1.54, 1.807) is 0 Å². The quantitative estimate of drug-likeness (QED) is 0.118. The van der Waals surface area contributed by atoms with E-state index < -0.39 is 8.07 Å². The summed E-state index contributed by atoms with van der Waals surface area (Å²) in [6, 6.07) is 81.4. The molecule has 58 heavy (non-hydrogen) atoms. The first-order chi connectivity index (χ1) is 28.8. The number of hydrogen-bond donors (Lipinski definition) is 0. The standard InChI is InChI=1S/C54H36N2SSi/c1-3-15-39(16-4-1)58(40-17-5-2-6-18-40,41-31-27-37(28-32-41)55-49-23-11-7-19-43(49)44-20-8-12-24-50(44)55)42-33-29-38(30-34-42)56-51-25-13-9-21-45(51)47-35-36-48-46-22-10-14-26-52(46)57-54(48)53(47)56/h1-36H. The molecule has 0 aliphatic carbocycles. The SMILES string of the molecule is c1ccc([Si](c2ccccc2)(c2ccc(-n3c4ccccc4c4ccccc43)cc2)c2ccc(-n3c4ccccc4c4ccc5c6ccccc6sc5c43)cc2)cc1. The molecule has 0 fully saturated rings. The number of fused-ring (bicyclic) bond motifs is 10. The fourth-order valence-electron chi connectivity index (χ4n) is 9.80. The second-order valence-corrected chi connectivity index (χ2v) is 20.1. The van der Waals surface area contributed by atoms with Gasteiger partial charge in [0.25, 0.3) is 0 Å². The maximum Gasteiger partial charge on any atom is 0.179 e. The number of thiophene rings is 1. The second kappa shape index (κ2) is 13.0. The average Bonchev–Trinajstić information content (AvgIpc) is 3.96. The Balaban J connectivity index is 1.08. The molecular formula is C54H36N2SSi. The van der Waals surface area contributed by atoms with Crippen LogP contribution in [0.3, 0.4) is 0 Å². The lowest BCUT2D eigenvalue weighted by Crippen LogP contribution is -2.74. The first-order valence-corrected chi connectivity index (χ1v) is 22.8. The van der Waals surface area contributed by atoms with Gasteiger partial charge in [0, 0.05) is 48.4 Å². The molecule has 0 saturated heterocycles. The number of para-hydroxylation sites is 3. The molecule has 12 rings (SSSR count). The van der Waals surface area contributed by atoms with Gasteiger partial charge in [0.05, 0.1) is 26.8 Å². The van der Waals surface area contributed by atoms with E-state index >= 15 is 0 Å². The minimum absolute atomic E-state index is 1.17. The summed E-state index contributed by atoms with van der Waals surface area (Å²) in [6.45, 7) is 0. The molecule has 0 aliphatic rings. The van der Waals surface area contributed by atoms with Crippen molar-refractivity contribution in [2.45, 2.75) is 0 Å². The molecule has 0 radical (unpaired) electrons. The molecule has 0 atom stereocenters. The Kier molecular flexibility index (Phi) is 7.46. The predicted octanol–water partition coefficient (Wildman–Crippen LogP) is 11.6. The first-order valence-electron chi connectivity index (χ1n) is 19.9. The smallest absolute Gasteiger partial charge is 0.179 e. The van der Waals surface area contributed by atoms with Gasteiger partial charge >= 0.3 is 0 Å². The second-order valence-electron chi connectivity index (χ2n) is 15.2. The van der Waals surface area contributed by atoms with Crippen molar-refractivity contribution in [2.75, 3.05) is 0 Å². The van der Waals surface area contributed by atoms with Crippen LogP contribution < -0.4 is 20.7 Å². The number of rotatable bonds is 6. The molecule has 0 amide bonds. The van der Waals surface area contributed by atoms with Crippen molar-refractivity contribution < 1.29 is 0 Å². The normalized spacial score (nSPS) is 12.1. The number of nitrogens with zero attached hydrogens (tertiary/aromatic N) is 2. The fraction of sp³-hybridized carbons (Fsp3) is 0. The highest BCUT2D eigenvalue weighted by atomic mass is 32.1. The predicted molar refractivity (Wildman–Crippen MR) is 252 cm³/mol. The summed E-state index contributed by atoms with van der Waals surface area (Å²) < 4.78 is 7.57. The van der Waals surface area contributed by atoms with Crippen LogP contribution in [0.2, 0.25) is 0 Å². The molecule has 3 aromatic heterocycles. The zero-order valence-corrected chi connectivity index (χ0v) is 33.4. The van der Waals surface area contributed by atoms with E-state index in [-0.39, 0.29) is 0 Å². The highest BCUT2D eigenvalue weighted by Crippen LogP contribution is 2.43. The van der Waals surface area contributed by atoms with Gasteiger partial charge in [-0.15, -0.1) is 11.3 Å². The van der Waals surface area contributed by atoms with E-state index in [0.717, 1.165) is 0 Å². The molecule has 272 valence electrons. The van der Waals surface area contributed by atoms with E-state index in [0.29, 0.717) is 0 Å². The molecule has 0 saturated carbocycles. The summed E-state index contributed by atoms with van der Waals surface area (Å²) >= 11 is 1.90. The van der Waals surface area contributed by atoms with Gasteiger partial charge in [0.15, 0.2) is 8.07 Å². The number of hydrogen-bond acceptors (Lipinski definition) is 1. The van der Waals surface area contributed by atoms with Crippen LogP contribution in [0.4, 0.5) is 0 Å². The van der Waals surface area contributed by atoms with Crippen LogP contribution in [0.15, 0.2) is 218 Å². The topological polar surface area (TPSA) is 9.86 Å². The average molecular weight is 773 g/mol. The Hall–Kier alpha value is -6.98. The van der Waals surface area contributed by atoms with Gasteiger partial charge in [-0.1, -0.05) is 170 Å². The Bertz CT molecular complexity index is 3390. The minimum atomic E-state index is -2.81. The summed E-state index contributed by atoms with van der Waals surface area (Å²) in [4.78, 5) is 0. The van der Waals surface area contributed by atoms with Gasteiger partial charge in [-0.2, -0.15) is 0 Å². The van der Waals surface area contributed by atoms with E-state index in [1.165, 1.54) is 95.9 Å². The van der Waals surface area contributed by atoms with E-state index in [1.807, 2.05) is 11.3 Å². The third-order valence-electron chi connectivity index (χ3n) is 12.3. The summed E-state index contributed by atoms with van der Waals surface area (Å²) in [6.07, 6.45) is 0.